The van der Waals surface area contributed by atoms with Crippen LogP contribution < -0.4 is 5.73 Å². The van der Waals surface area contributed by atoms with Crippen LogP contribution in [0.25, 0.3) is 0 Å². The van der Waals surface area contributed by atoms with E-state index in [2.05, 4.69) is 0 Å². The van der Waals surface area contributed by atoms with Crippen LogP contribution in [0, 0.1) is 5.92 Å². The molecule has 0 aliphatic carbocycles. The molecule has 2 unspecified atom stereocenters. The maximum atomic E-state index is 11.9. The summed E-state index contributed by atoms with van der Waals surface area (Å²) in [7, 11) is 0. The van der Waals surface area contributed by atoms with Crippen molar-refractivity contribution in [2.24, 2.45) is 11.7 Å². The summed E-state index contributed by atoms with van der Waals surface area (Å²) in [5.41, 5.74) is 3.90. The van der Waals surface area contributed by atoms with Gasteiger partial charge >= 0.3 is 12.1 Å². The van der Waals surface area contributed by atoms with Gasteiger partial charge in [-0.1, -0.05) is 6.92 Å². The molecule has 0 spiro atoms. The number of aliphatic carboxylic acids is 1. The third-order valence-electron chi connectivity index (χ3n) is 3.21. The van der Waals surface area contributed by atoms with Crippen molar-refractivity contribution in [1.82, 2.24) is 4.90 Å². The Bertz CT molecular complexity index is 350. The Kier molecular flexibility index (Phi) is 3.90. The van der Waals surface area contributed by atoms with Gasteiger partial charge in [-0.25, -0.2) is 4.79 Å². The van der Waals surface area contributed by atoms with Crippen molar-refractivity contribution < 1.29 is 19.4 Å². The molecule has 104 valence electrons. The second kappa shape index (κ2) is 4.76. The van der Waals surface area contributed by atoms with E-state index in [1.54, 1.807) is 27.7 Å². The Morgan fingerprint density at radius 1 is 1.44 bits per heavy atom. The lowest BCUT2D eigenvalue weighted by atomic mass is 9.80. The number of nitrogens with two attached hydrogens (primary N) is 1. The van der Waals surface area contributed by atoms with E-state index in [1.165, 1.54) is 4.90 Å². The van der Waals surface area contributed by atoms with Gasteiger partial charge in [0.15, 0.2) is 0 Å². The van der Waals surface area contributed by atoms with E-state index < -0.39 is 23.2 Å². The maximum Gasteiger partial charge on any atom is 0.410 e. The molecule has 1 saturated heterocycles. The van der Waals surface area contributed by atoms with Crippen molar-refractivity contribution >= 4 is 12.1 Å². The predicted molar refractivity (Wildman–Crippen MR) is 66.1 cm³/mol. The molecule has 2 atom stereocenters. The number of rotatable bonds is 1. The van der Waals surface area contributed by atoms with Crippen LogP contribution in [0.5, 0.6) is 0 Å². The fraction of sp³-hybridized carbons (Fsp3) is 0.833. The highest BCUT2D eigenvalue weighted by Crippen LogP contribution is 2.26. The first kappa shape index (κ1) is 14.8. The fourth-order valence-electron chi connectivity index (χ4n) is 1.92. The summed E-state index contributed by atoms with van der Waals surface area (Å²) in [4.78, 5) is 24.5. The molecule has 0 bridgehead atoms. The molecule has 1 amide bonds. The van der Waals surface area contributed by atoms with Crippen molar-refractivity contribution in [2.45, 2.75) is 45.3 Å². The second-order valence-electron chi connectivity index (χ2n) is 5.94. The normalized spacial score (nSPS) is 28.9. The van der Waals surface area contributed by atoms with Gasteiger partial charge in [-0.05, 0) is 33.1 Å². The summed E-state index contributed by atoms with van der Waals surface area (Å²) in [5.74, 6) is -1.25. The van der Waals surface area contributed by atoms with Crippen LogP contribution in [0.1, 0.15) is 34.1 Å². The third-order valence-corrected chi connectivity index (χ3v) is 3.21. The van der Waals surface area contributed by atoms with Gasteiger partial charge in [0.2, 0.25) is 0 Å². The smallest absolute Gasteiger partial charge is 0.410 e. The van der Waals surface area contributed by atoms with E-state index in [1.807, 2.05) is 0 Å². The van der Waals surface area contributed by atoms with E-state index in [4.69, 9.17) is 10.5 Å². The first-order chi connectivity index (χ1) is 8.06. The molecule has 0 aromatic rings. The zero-order valence-corrected chi connectivity index (χ0v) is 11.4. The van der Waals surface area contributed by atoms with Crippen molar-refractivity contribution in [3.8, 4) is 0 Å². The number of likely N-dealkylation sites (tertiary alicyclic amines) is 1. The van der Waals surface area contributed by atoms with Crippen LogP contribution in [-0.4, -0.2) is 46.3 Å². The molecular formula is C12H22N2O4. The van der Waals surface area contributed by atoms with Gasteiger partial charge in [-0.2, -0.15) is 0 Å². The molecule has 0 aromatic heterocycles. The monoisotopic (exact) mass is 258 g/mol. The zero-order chi connectivity index (χ0) is 14.1. The maximum absolute atomic E-state index is 11.9. The SMILES string of the molecule is CC1CCN(C(=O)OC(C)(C)C)CC1(N)C(=O)O. The highest BCUT2D eigenvalue weighted by molar-refractivity contribution is 5.81. The van der Waals surface area contributed by atoms with Gasteiger partial charge in [0.1, 0.15) is 11.1 Å². The van der Waals surface area contributed by atoms with Crippen LogP contribution in [0.15, 0.2) is 0 Å². The molecule has 3 N–H and O–H groups in total. The fourth-order valence-corrected chi connectivity index (χ4v) is 1.92. The van der Waals surface area contributed by atoms with Crippen molar-refractivity contribution in [2.75, 3.05) is 13.1 Å². The van der Waals surface area contributed by atoms with Crippen molar-refractivity contribution in [1.29, 1.82) is 0 Å². The van der Waals surface area contributed by atoms with E-state index in [-0.39, 0.29) is 12.5 Å². The first-order valence-electron chi connectivity index (χ1n) is 6.06. The number of amides is 1. The molecule has 1 fully saturated rings. The average molecular weight is 258 g/mol. The quantitative estimate of drug-likeness (QED) is 0.733. The molecule has 1 aliphatic heterocycles. The number of hydrogen-bond acceptors (Lipinski definition) is 4. The zero-order valence-electron chi connectivity index (χ0n) is 11.4. The van der Waals surface area contributed by atoms with Gasteiger partial charge < -0.3 is 20.5 Å². The highest BCUT2D eigenvalue weighted by atomic mass is 16.6. The summed E-state index contributed by atoms with van der Waals surface area (Å²) in [6, 6.07) is 0. The topological polar surface area (TPSA) is 92.9 Å². The Balaban J connectivity index is 2.77. The molecule has 1 rings (SSSR count). The molecule has 0 saturated carbocycles. The number of ether oxygens (including phenoxy) is 1. The van der Waals surface area contributed by atoms with Crippen LogP contribution in [0.2, 0.25) is 0 Å². The molecular weight excluding hydrogens is 236 g/mol. The predicted octanol–water partition coefficient (Wildman–Crippen LogP) is 1.05. The average Bonchev–Trinajstić information content (AvgIpc) is 2.19. The summed E-state index contributed by atoms with van der Waals surface area (Å²) < 4.78 is 5.22. The number of carbonyl (C=O) groups is 2. The van der Waals surface area contributed by atoms with Gasteiger partial charge in [-0.15, -0.1) is 0 Å². The van der Waals surface area contributed by atoms with Gasteiger partial charge in [0, 0.05) is 6.54 Å². The minimum absolute atomic E-state index is 0.0155. The Morgan fingerprint density at radius 2 is 2.00 bits per heavy atom. The van der Waals surface area contributed by atoms with E-state index in [0.29, 0.717) is 13.0 Å². The first-order valence-corrected chi connectivity index (χ1v) is 6.06. The van der Waals surface area contributed by atoms with Crippen LogP contribution >= 0.6 is 0 Å². The number of carboxylic acid groups (broad SMARTS) is 1. The van der Waals surface area contributed by atoms with Gasteiger partial charge in [0.05, 0.1) is 6.54 Å². The summed E-state index contributed by atoms with van der Waals surface area (Å²) in [6.45, 7) is 7.56. The van der Waals surface area contributed by atoms with E-state index >= 15 is 0 Å². The Labute approximate surface area is 107 Å². The molecule has 6 nitrogen and oxygen atoms in total. The largest absolute Gasteiger partial charge is 0.480 e. The standard InChI is InChI=1S/C12H22N2O4/c1-8-5-6-14(7-12(8,13)9(15)16)10(17)18-11(2,3)4/h8H,5-7,13H2,1-4H3,(H,15,16). The Hall–Kier alpha value is -1.30. The van der Waals surface area contributed by atoms with Crippen LogP contribution in [-0.2, 0) is 9.53 Å². The lowest BCUT2D eigenvalue weighted by Gasteiger charge is -2.41. The summed E-state index contributed by atoms with van der Waals surface area (Å²) >= 11 is 0. The number of carbonyl (C=O) groups excluding carboxylic acids is 1. The van der Waals surface area contributed by atoms with Crippen molar-refractivity contribution in [3.63, 3.8) is 0 Å². The van der Waals surface area contributed by atoms with Gasteiger partial charge in [-0.3, -0.25) is 4.79 Å². The number of carboxylic acids is 1. The molecule has 1 aliphatic rings. The minimum atomic E-state index is -1.39. The summed E-state index contributed by atoms with van der Waals surface area (Å²) in [5, 5.41) is 9.20. The molecule has 6 heteroatoms. The van der Waals surface area contributed by atoms with Crippen LogP contribution in [0.3, 0.4) is 0 Å². The second-order valence-corrected chi connectivity index (χ2v) is 5.94. The van der Waals surface area contributed by atoms with Crippen LogP contribution in [0.4, 0.5) is 4.79 Å². The third kappa shape index (κ3) is 3.13. The number of nitrogens with zero attached hydrogens (tertiary/aromatic N) is 1. The molecule has 0 radical (unpaired) electrons. The number of piperidine rings is 1. The lowest BCUT2D eigenvalue weighted by Crippen LogP contribution is -2.64. The van der Waals surface area contributed by atoms with Gasteiger partial charge in [0.25, 0.3) is 0 Å². The summed E-state index contributed by atoms with van der Waals surface area (Å²) in [6.07, 6.45) is 0.0488. The number of hydrogen-bond donors (Lipinski definition) is 2. The lowest BCUT2D eigenvalue weighted by molar-refractivity contribution is -0.147. The van der Waals surface area contributed by atoms with E-state index in [0.717, 1.165) is 0 Å². The van der Waals surface area contributed by atoms with Crippen molar-refractivity contribution in [3.05, 3.63) is 0 Å². The highest BCUT2D eigenvalue weighted by Gasteiger charge is 2.46. The Morgan fingerprint density at radius 3 is 2.44 bits per heavy atom. The minimum Gasteiger partial charge on any atom is -0.480 e. The van der Waals surface area contributed by atoms with E-state index in [9.17, 15) is 14.7 Å². The molecule has 18 heavy (non-hydrogen) atoms. The molecule has 1 heterocycles. The molecule has 0 aromatic carbocycles.